The monoisotopic (exact) mass is 327 g/mol. The van der Waals surface area contributed by atoms with E-state index in [0.29, 0.717) is 5.57 Å². The van der Waals surface area contributed by atoms with Gasteiger partial charge >= 0.3 is 0 Å². The van der Waals surface area contributed by atoms with Crippen molar-refractivity contribution in [2.45, 2.75) is 47.1 Å². The van der Waals surface area contributed by atoms with Gasteiger partial charge in [-0.1, -0.05) is 32.2 Å². The lowest BCUT2D eigenvalue weighted by atomic mass is 9.96. The summed E-state index contributed by atoms with van der Waals surface area (Å²) in [5.74, 6) is 0.774. The number of hydrogen-bond donors (Lipinski definition) is 1. The third kappa shape index (κ3) is 4.38. The van der Waals surface area contributed by atoms with Crippen molar-refractivity contribution in [2.24, 2.45) is 0 Å². The molecule has 1 aliphatic rings. The number of carbonyl (C=O) groups is 1. The summed E-state index contributed by atoms with van der Waals surface area (Å²) in [4.78, 5) is 12.2. The van der Waals surface area contributed by atoms with Crippen LogP contribution in [0, 0.1) is 0 Å². The minimum absolute atomic E-state index is 0.0383. The zero-order valence-electron chi connectivity index (χ0n) is 15.7. The van der Waals surface area contributed by atoms with Gasteiger partial charge in [0, 0.05) is 5.57 Å². The molecular formula is C21H29NO2. The third-order valence-corrected chi connectivity index (χ3v) is 4.18. The Hall–Kier alpha value is -2.29. The smallest absolute Gasteiger partial charge is 0.252 e. The van der Waals surface area contributed by atoms with Crippen LogP contribution in [0.3, 0.4) is 0 Å². The Kier molecular flexibility index (Phi) is 7.02. The number of methoxy groups -OCH3 is 1. The highest BCUT2D eigenvalue weighted by Gasteiger charge is 2.30. The Morgan fingerprint density at radius 3 is 2.29 bits per heavy atom. The topological polar surface area (TPSA) is 38.3 Å². The minimum Gasteiger partial charge on any atom is -0.497 e. The van der Waals surface area contributed by atoms with Crippen LogP contribution in [0.4, 0.5) is 0 Å². The summed E-state index contributed by atoms with van der Waals surface area (Å²) < 4.78 is 5.40. The Labute approximate surface area is 146 Å². The maximum Gasteiger partial charge on any atom is 0.252 e. The second-order valence-electron chi connectivity index (χ2n) is 6.22. The first-order chi connectivity index (χ1) is 11.3. The molecule has 0 saturated carbocycles. The summed E-state index contributed by atoms with van der Waals surface area (Å²) in [6.07, 6.45) is 6.61. The van der Waals surface area contributed by atoms with E-state index in [1.54, 1.807) is 13.2 Å². The number of hydrogen-bond acceptors (Lipinski definition) is 2. The summed E-state index contributed by atoms with van der Waals surface area (Å²) in [6, 6.07) is 0.0383. The molecular weight excluding hydrogens is 298 g/mol. The van der Waals surface area contributed by atoms with Gasteiger partial charge in [0.25, 0.3) is 5.91 Å². The quantitative estimate of drug-likeness (QED) is 0.434. The van der Waals surface area contributed by atoms with E-state index in [1.807, 2.05) is 46.8 Å². The highest BCUT2D eigenvalue weighted by Crippen LogP contribution is 2.27. The zero-order valence-corrected chi connectivity index (χ0v) is 15.7. The molecule has 0 aliphatic carbocycles. The number of ether oxygens (including phenoxy) is 1. The van der Waals surface area contributed by atoms with Gasteiger partial charge < -0.3 is 10.1 Å². The zero-order chi connectivity index (χ0) is 18.4. The molecule has 1 rings (SSSR count). The van der Waals surface area contributed by atoms with Gasteiger partial charge in [0.2, 0.25) is 0 Å². The molecule has 1 aliphatic heterocycles. The van der Waals surface area contributed by atoms with Crippen molar-refractivity contribution in [2.75, 3.05) is 7.11 Å². The van der Waals surface area contributed by atoms with Gasteiger partial charge in [-0.2, -0.15) is 0 Å². The molecule has 3 heteroatoms. The Morgan fingerprint density at radius 1 is 1.25 bits per heavy atom. The molecule has 3 nitrogen and oxygen atoms in total. The average Bonchev–Trinajstić information content (AvgIpc) is 2.81. The van der Waals surface area contributed by atoms with Gasteiger partial charge in [-0.25, -0.2) is 0 Å². The van der Waals surface area contributed by atoms with Crippen LogP contribution in [0.1, 0.15) is 41.0 Å². The van der Waals surface area contributed by atoms with Crippen LogP contribution < -0.4 is 5.32 Å². The Morgan fingerprint density at radius 2 is 1.88 bits per heavy atom. The number of rotatable bonds is 6. The van der Waals surface area contributed by atoms with Crippen LogP contribution >= 0.6 is 0 Å². The molecule has 1 unspecified atom stereocenters. The average molecular weight is 327 g/mol. The lowest BCUT2D eigenvalue weighted by Gasteiger charge is -2.09. The third-order valence-electron chi connectivity index (χ3n) is 4.18. The van der Waals surface area contributed by atoms with Gasteiger partial charge in [0.1, 0.15) is 5.76 Å². The first-order valence-electron chi connectivity index (χ1n) is 8.21. The van der Waals surface area contributed by atoms with Crippen molar-refractivity contribution >= 4 is 5.91 Å². The lowest BCUT2D eigenvalue weighted by molar-refractivity contribution is -0.116. The molecule has 1 fully saturated rings. The lowest BCUT2D eigenvalue weighted by Crippen LogP contribution is -2.24. The second-order valence-corrected chi connectivity index (χ2v) is 6.22. The van der Waals surface area contributed by atoms with Crippen LogP contribution in [0.2, 0.25) is 0 Å². The summed E-state index contributed by atoms with van der Waals surface area (Å²) in [7, 11) is 1.66. The van der Waals surface area contributed by atoms with Crippen LogP contribution in [-0.2, 0) is 9.53 Å². The van der Waals surface area contributed by atoms with E-state index in [1.165, 1.54) is 0 Å². The molecule has 0 radical (unpaired) electrons. The normalized spacial score (nSPS) is 20.7. The highest BCUT2D eigenvalue weighted by atomic mass is 16.5. The van der Waals surface area contributed by atoms with Crippen molar-refractivity contribution < 1.29 is 9.53 Å². The van der Waals surface area contributed by atoms with E-state index in [9.17, 15) is 4.79 Å². The largest absolute Gasteiger partial charge is 0.497 e. The Bertz CT molecular complexity index is 668. The fourth-order valence-electron chi connectivity index (χ4n) is 2.78. The van der Waals surface area contributed by atoms with Crippen molar-refractivity contribution in [1.29, 1.82) is 0 Å². The summed E-state index contributed by atoms with van der Waals surface area (Å²) >= 11 is 0. The fourth-order valence-corrected chi connectivity index (χ4v) is 2.78. The maximum atomic E-state index is 12.2. The van der Waals surface area contributed by atoms with Crippen LogP contribution in [0.15, 0.2) is 70.6 Å². The van der Waals surface area contributed by atoms with E-state index < -0.39 is 0 Å². The number of nitrogens with one attached hydrogen (secondary N) is 1. The highest BCUT2D eigenvalue weighted by molar-refractivity contribution is 6.03. The first-order valence-corrected chi connectivity index (χ1v) is 8.21. The minimum atomic E-state index is -0.0422. The van der Waals surface area contributed by atoms with Crippen LogP contribution in [0.25, 0.3) is 0 Å². The van der Waals surface area contributed by atoms with Crippen molar-refractivity contribution in [3.63, 3.8) is 0 Å². The van der Waals surface area contributed by atoms with Crippen molar-refractivity contribution in [3.05, 3.63) is 70.6 Å². The Balaban J connectivity index is 3.28. The first kappa shape index (κ1) is 19.8. The van der Waals surface area contributed by atoms with Gasteiger partial charge in [0.05, 0.1) is 13.2 Å². The number of amides is 1. The van der Waals surface area contributed by atoms with E-state index >= 15 is 0 Å². The standard InChI is InChI=1S/C21H29NO2/c1-9-17(12-19(24-8)13(3)4)14(5)11-15(6)20-16(7)18(10-2)22-21(20)23/h9,11-12,18H,1,7,10H2,2-6,8H3,(H,22,23). The van der Waals surface area contributed by atoms with Crippen molar-refractivity contribution in [3.8, 4) is 0 Å². The maximum absolute atomic E-state index is 12.2. The van der Waals surface area contributed by atoms with Crippen LogP contribution in [0.5, 0.6) is 0 Å². The molecule has 1 atom stereocenters. The molecule has 130 valence electrons. The molecule has 0 aromatic carbocycles. The van der Waals surface area contributed by atoms with E-state index in [-0.39, 0.29) is 11.9 Å². The molecule has 1 heterocycles. The van der Waals surface area contributed by atoms with Gasteiger partial charge in [-0.15, -0.1) is 0 Å². The molecule has 0 bridgehead atoms. The predicted molar refractivity (Wildman–Crippen MR) is 101 cm³/mol. The molecule has 1 N–H and O–H groups in total. The summed E-state index contributed by atoms with van der Waals surface area (Å²) in [5.41, 5.74) is 5.55. The molecule has 0 spiro atoms. The molecule has 1 amide bonds. The van der Waals surface area contributed by atoms with Gasteiger partial charge in [-0.05, 0) is 68.1 Å². The number of allylic oxidation sites excluding steroid dienone is 7. The predicted octanol–water partition coefficient (Wildman–Crippen LogP) is 4.77. The summed E-state index contributed by atoms with van der Waals surface area (Å²) in [6.45, 7) is 18.0. The van der Waals surface area contributed by atoms with Gasteiger partial charge in [0.15, 0.2) is 0 Å². The van der Waals surface area contributed by atoms with E-state index in [4.69, 9.17) is 4.74 Å². The van der Waals surface area contributed by atoms with Crippen molar-refractivity contribution in [1.82, 2.24) is 5.32 Å². The van der Waals surface area contributed by atoms with Gasteiger partial charge in [-0.3, -0.25) is 4.79 Å². The summed E-state index contributed by atoms with van der Waals surface area (Å²) in [5, 5.41) is 2.97. The molecule has 0 aromatic rings. The molecule has 24 heavy (non-hydrogen) atoms. The molecule has 1 saturated heterocycles. The van der Waals surface area contributed by atoms with Crippen LogP contribution in [-0.4, -0.2) is 19.1 Å². The van der Waals surface area contributed by atoms with E-state index in [2.05, 4.69) is 18.5 Å². The SMILES string of the molecule is C=CC(=CC(OC)=C(C)C)C(C)=CC(C)=C1C(=C)C(CC)NC1=O. The van der Waals surface area contributed by atoms with E-state index in [0.717, 1.165) is 40.0 Å². The molecule has 0 aromatic heterocycles. The second kappa shape index (κ2) is 8.53. The fraction of sp³-hybridized carbons (Fsp3) is 0.381. The number of carbonyl (C=O) groups excluding carboxylic acids is 1.